The van der Waals surface area contributed by atoms with Gasteiger partial charge in [-0.15, -0.1) is 0 Å². The fourth-order valence-corrected chi connectivity index (χ4v) is 5.50. The third-order valence-corrected chi connectivity index (χ3v) is 7.49. The van der Waals surface area contributed by atoms with E-state index in [9.17, 15) is 14.9 Å². The summed E-state index contributed by atoms with van der Waals surface area (Å²) in [5, 5.41) is 12.8. The summed E-state index contributed by atoms with van der Waals surface area (Å²) in [5.74, 6) is 0.800. The van der Waals surface area contributed by atoms with Crippen LogP contribution >= 0.6 is 0 Å². The topological polar surface area (TPSA) is 91.7 Å². The van der Waals surface area contributed by atoms with E-state index in [-0.39, 0.29) is 17.8 Å². The fourth-order valence-electron chi connectivity index (χ4n) is 5.50. The first-order chi connectivity index (χ1) is 17.9. The number of carbonyl (C=O) groups excluding carboxylic acids is 2. The number of likely N-dealkylation sites (tertiary alicyclic amines) is 1. The molecule has 4 rings (SSSR count). The number of benzene rings is 1. The highest BCUT2D eigenvalue weighted by molar-refractivity contribution is 6.15. The second kappa shape index (κ2) is 10.2. The van der Waals surface area contributed by atoms with E-state index < -0.39 is 11.0 Å². The molecule has 1 aromatic rings. The molecule has 0 atom stereocenters. The van der Waals surface area contributed by atoms with Gasteiger partial charge < -0.3 is 19.7 Å². The number of hydrogen-bond donors (Lipinski definition) is 1. The maximum absolute atomic E-state index is 14.0. The molecule has 3 aliphatic rings. The van der Waals surface area contributed by atoms with E-state index in [1.54, 1.807) is 24.2 Å². The second-order valence-corrected chi connectivity index (χ2v) is 11.6. The molecule has 7 nitrogen and oxygen atoms in total. The summed E-state index contributed by atoms with van der Waals surface area (Å²) < 4.78 is 11.4. The summed E-state index contributed by atoms with van der Waals surface area (Å²) in [7, 11) is 1.66. The molecule has 2 heterocycles. The van der Waals surface area contributed by atoms with Crippen LogP contribution in [0.1, 0.15) is 74.9 Å². The maximum atomic E-state index is 14.0. The Morgan fingerprint density at radius 2 is 1.89 bits per heavy atom. The molecule has 0 aromatic heterocycles. The van der Waals surface area contributed by atoms with Gasteiger partial charge in [-0.2, -0.15) is 5.26 Å². The van der Waals surface area contributed by atoms with E-state index >= 15 is 0 Å². The smallest absolute Gasteiger partial charge is 0.410 e. The van der Waals surface area contributed by atoms with Crippen molar-refractivity contribution in [1.29, 1.82) is 5.26 Å². The zero-order valence-electron chi connectivity index (χ0n) is 23.2. The molecule has 0 unspecified atom stereocenters. The van der Waals surface area contributed by atoms with Crippen LogP contribution in [0.4, 0.5) is 4.79 Å². The lowest BCUT2D eigenvalue weighted by atomic mass is 9.69. The van der Waals surface area contributed by atoms with Crippen LogP contribution in [-0.2, 0) is 10.2 Å². The number of Topliss-reactive ketones (excluding diaryl/α,β-unsaturated/α-hetero) is 1. The minimum Gasteiger partial charge on any atom is -0.496 e. The number of ketones is 1. The number of piperidine rings is 1. The molecule has 7 heteroatoms. The minimum absolute atomic E-state index is 0.0908. The second-order valence-electron chi connectivity index (χ2n) is 11.6. The van der Waals surface area contributed by atoms with Gasteiger partial charge in [0.1, 0.15) is 11.4 Å². The first kappa shape index (κ1) is 27.3. The van der Waals surface area contributed by atoms with Crippen molar-refractivity contribution in [3.8, 4) is 11.8 Å². The number of methoxy groups -OCH3 is 1. The molecule has 200 valence electrons. The largest absolute Gasteiger partial charge is 0.496 e. The molecule has 38 heavy (non-hydrogen) atoms. The van der Waals surface area contributed by atoms with Crippen LogP contribution < -0.4 is 10.1 Å². The van der Waals surface area contributed by atoms with Crippen LogP contribution in [0.15, 0.2) is 59.4 Å². The molecule has 0 bridgehead atoms. The van der Waals surface area contributed by atoms with Crippen LogP contribution in [0.25, 0.3) is 0 Å². The summed E-state index contributed by atoms with van der Waals surface area (Å²) in [6.45, 7) is 15.5. The van der Waals surface area contributed by atoms with Crippen LogP contribution in [0.3, 0.4) is 0 Å². The van der Waals surface area contributed by atoms with Crippen molar-refractivity contribution in [3.63, 3.8) is 0 Å². The van der Waals surface area contributed by atoms with Crippen LogP contribution in [0, 0.1) is 11.3 Å². The van der Waals surface area contributed by atoms with E-state index in [4.69, 9.17) is 9.47 Å². The molecule has 1 saturated heterocycles. The Balaban J connectivity index is 1.68. The Morgan fingerprint density at radius 3 is 2.50 bits per heavy atom. The standard InChI is InChI=1S/C31H37N3O4/c1-19-8-9-20(18-32)10-13-33-28-26(19)27(35)23-16-22(25(37-7)17-24(23)31(28,5)6)21-11-14-34(15-12-21)29(36)38-30(2,3)4/h8-10,16-17,21,33H,1,11-15H2,2-7H3/b9-8-,20-10+. The monoisotopic (exact) mass is 515 g/mol. The van der Waals surface area contributed by atoms with Crippen LogP contribution in [0.5, 0.6) is 5.75 Å². The molecular weight excluding hydrogens is 478 g/mol. The van der Waals surface area contributed by atoms with E-state index in [1.807, 2.05) is 39.0 Å². The summed E-state index contributed by atoms with van der Waals surface area (Å²) in [6, 6.07) is 6.15. The third kappa shape index (κ3) is 5.13. The Morgan fingerprint density at radius 1 is 1.21 bits per heavy atom. The number of allylic oxidation sites excluding steroid dienone is 6. The molecule has 1 N–H and O–H groups in total. The van der Waals surface area contributed by atoms with E-state index in [0.717, 1.165) is 35.4 Å². The highest BCUT2D eigenvalue weighted by Crippen LogP contribution is 2.46. The van der Waals surface area contributed by atoms with Gasteiger partial charge in [0.05, 0.1) is 13.2 Å². The first-order valence-electron chi connectivity index (χ1n) is 13.1. The molecule has 2 aliphatic heterocycles. The minimum atomic E-state index is -0.535. The average molecular weight is 516 g/mol. The predicted octanol–water partition coefficient (Wildman–Crippen LogP) is 5.70. The Hall–Kier alpha value is -3.79. The number of ether oxygens (including phenoxy) is 2. The van der Waals surface area contributed by atoms with E-state index in [1.165, 1.54) is 0 Å². The quantitative estimate of drug-likeness (QED) is 0.543. The number of nitrogens with one attached hydrogen (secondary N) is 1. The normalized spacial score (nSPS) is 21.9. The van der Waals surface area contributed by atoms with Crippen molar-refractivity contribution in [2.24, 2.45) is 0 Å². The van der Waals surface area contributed by atoms with Crippen molar-refractivity contribution in [2.45, 2.75) is 64.4 Å². The molecule has 1 aliphatic carbocycles. The molecule has 0 radical (unpaired) electrons. The van der Waals surface area contributed by atoms with Gasteiger partial charge in [0.2, 0.25) is 0 Å². The maximum Gasteiger partial charge on any atom is 0.410 e. The van der Waals surface area contributed by atoms with Crippen LogP contribution in [-0.4, -0.2) is 49.1 Å². The van der Waals surface area contributed by atoms with Crippen molar-refractivity contribution < 1.29 is 19.1 Å². The van der Waals surface area contributed by atoms with Crippen molar-refractivity contribution in [3.05, 3.63) is 76.0 Å². The molecule has 1 amide bonds. The van der Waals surface area contributed by atoms with Crippen molar-refractivity contribution in [2.75, 3.05) is 26.7 Å². The van der Waals surface area contributed by atoms with Gasteiger partial charge in [0.15, 0.2) is 5.78 Å². The molecule has 0 saturated carbocycles. The SMILES string of the molecule is C=C1/C=C\C(C#N)=C/CNC2=C1C(=O)c1cc(C3CCN(C(=O)OC(C)(C)C)CC3)c(OC)cc1C2(C)C. The zero-order valence-corrected chi connectivity index (χ0v) is 23.2. The van der Waals surface area contributed by atoms with Gasteiger partial charge in [-0.3, -0.25) is 4.79 Å². The molecular formula is C31H37N3O4. The summed E-state index contributed by atoms with van der Waals surface area (Å²) in [5.41, 5.74) is 3.88. The highest BCUT2D eigenvalue weighted by Gasteiger charge is 2.41. The number of hydrogen-bond acceptors (Lipinski definition) is 6. The first-order valence-corrected chi connectivity index (χ1v) is 13.1. The summed E-state index contributed by atoms with van der Waals surface area (Å²) in [6.07, 6.45) is 6.46. The molecule has 1 fully saturated rings. The molecule has 1 aromatic carbocycles. The van der Waals surface area contributed by atoms with Crippen LogP contribution in [0.2, 0.25) is 0 Å². The number of carbonyl (C=O) groups is 2. The molecule has 0 spiro atoms. The third-order valence-electron chi connectivity index (χ3n) is 7.49. The lowest BCUT2D eigenvalue weighted by Gasteiger charge is -2.38. The van der Waals surface area contributed by atoms with Crippen molar-refractivity contribution >= 4 is 11.9 Å². The number of nitrogens with zero attached hydrogens (tertiary/aromatic N) is 2. The number of amides is 1. The summed E-state index contributed by atoms with van der Waals surface area (Å²) in [4.78, 5) is 28.3. The number of nitriles is 1. The van der Waals surface area contributed by atoms with Gasteiger partial charge in [-0.1, -0.05) is 26.5 Å². The lowest BCUT2D eigenvalue weighted by molar-refractivity contribution is 0.0204. The van der Waals surface area contributed by atoms with Gasteiger partial charge in [0, 0.05) is 47.5 Å². The predicted molar refractivity (Wildman–Crippen MR) is 147 cm³/mol. The van der Waals surface area contributed by atoms with Gasteiger partial charge >= 0.3 is 6.09 Å². The van der Waals surface area contributed by atoms with Gasteiger partial charge in [-0.05, 0) is 80.5 Å². The number of fused-ring (bicyclic) bond motifs is 1. The summed E-state index contributed by atoms with van der Waals surface area (Å²) >= 11 is 0. The van der Waals surface area contributed by atoms with E-state index in [2.05, 4.69) is 31.8 Å². The van der Waals surface area contributed by atoms with Gasteiger partial charge in [-0.25, -0.2) is 4.79 Å². The Kier molecular flexibility index (Phi) is 7.29. The van der Waals surface area contributed by atoms with E-state index in [0.29, 0.717) is 41.9 Å². The average Bonchev–Trinajstić information content (AvgIpc) is 2.95. The fraction of sp³-hybridized carbons (Fsp3) is 0.452. The Bertz CT molecular complexity index is 1310. The Labute approximate surface area is 225 Å². The van der Waals surface area contributed by atoms with Crippen molar-refractivity contribution in [1.82, 2.24) is 10.2 Å². The highest BCUT2D eigenvalue weighted by atomic mass is 16.6. The number of rotatable bonds is 2. The van der Waals surface area contributed by atoms with Gasteiger partial charge in [0.25, 0.3) is 0 Å². The lowest BCUT2D eigenvalue weighted by Crippen LogP contribution is -2.41. The zero-order chi connectivity index (χ0) is 27.8.